The second-order valence-corrected chi connectivity index (χ2v) is 6.51. The van der Waals surface area contributed by atoms with Gasteiger partial charge in [0.2, 0.25) is 0 Å². The van der Waals surface area contributed by atoms with Gasteiger partial charge in [0.15, 0.2) is 0 Å². The van der Waals surface area contributed by atoms with Crippen molar-refractivity contribution < 1.29 is 4.74 Å². The van der Waals surface area contributed by atoms with Crippen LogP contribution in [0.25, 0.3) is 0 Å². The molecule has 0 spiro atoms. The first-order valence-corrected chi connectivity index (χ1v) is 7.18. The number of hydrogen-bond acceptors (Lipinski definition) is 4. The van der Waals surface area contributed by atoms with Crippen molar-refractivity contribution >= 4 is 11.8 Å². The maximum absolute atomic E-state index is 6.02. The molecule has 0 aromatic carbocycles. The fourth-order valence-corrected chi connectivity index (χ4v) is 3.89. The summed E-state index contributed by atoms with van der Waals surface area (Å²) in [5, 5.41) is 3.65. The molecule has 0 aliphatic carbocycles. The van der Waals surface area contributed by atoms with Gasteiger partial charge in [0.1, 0.15) is 0 Å². The van der Waals surface area contributed by atoms with E-state index in [0.717, 1.165) is 12.3 Å². The molecule has 0 radical (unpaired) electrons. The van der Waals surface area contributed by atoms with Gasteiger partial charge in [-0.1, -0.05) is 13.8 Å². The highest BCUT2D eigenvalue weighted by Crippen LogP contribution is 2.41. The number of nitrogens with one attached hydrogen (secondary N) is 1. The number of methoxy groups -OCH3 is 1. The fraction of sp³-hybridized carbons (Fsp3) is 1.00. The van der Waals surface area contributed by atoms with Crippen LogP contribution in [0.2, 0.25) is 0 Å². The smallest absolute Gasteiger partial charge is 0.0667 e. The predicted molar refractivity (Wildman–Crippen MR) is 72.0 cm³/mol. The average molecular weight is 246 g/mol. The van der Waals surface area contributed by atoms with Crippen molar-refractivity contribution in [2.45, 2.75) is 38.8 Å². The van der Waals surface area contributed by atoms with Crippen molar-refractivity contribution in [1.29, 1.82) is 0 Å². The Bertz CT molecular complexity index is 223. The fourth-order valence-electron chi connectivity index (χ4n) is 2.13. The molecule has 1 aliphatic rings. The molecule has 16 heavy (non-hydrogen) atoms. The molecule has 1 aliphatic heterocycles. The molecular weight excluding hydrogens is 220 g/mol. The lowest BCUT2D eigenvalue weighted by Crippen LogP contribution is -2.65. The van der Waals surface area contributed by atoms with Crippen LogP contribution >= 0.6 is 11.8 Å². The Morgan fingerprint density at radius 3 is 2.69 bits per heavy atom. The highest BCUT2D eigenvalue weighted by atomic mass is 32.2. The third-order valence-corrected chi connectivity index (χ3v) is 5.18. The molecule has 2 unspecified atom stereocenters. The molecule has 0 aromatic rings. The van der Waals surface area contributed by atoms with E-state index in [2.05, 4.69) is 26.1 Å². The average Bonchev–Trinajstić information content (AvgIpc) is 2.27. The first-order valence-electron chi connectivity index (χ1n) is 6.03. The van der Waals surface area contributed by atoms with Crippen LogP contribution in [0.3, 0.4) is 0 Å². The molecule has 1 saturated heterocycles. The quantitative estimate of drug-likeness (QED) is 0.771. The minimum Gasteiger partial charge on any atom is -0.380 e. The summed E-state index contributed by atoms with van der Waals surface area (Å²) in [6.07, 6.45) is 1.47. The van der Waals surface area contributed by atoms with Gasteiger partial charge in [-0.3, -0.25) is 0 Å². The van der Waals surface area contributed by atoms with E-state index in [1.54, 1.807) is 7.11 Å². The molecule has 96 valence electrons. The summed E-state index contributed by atoms with van der Waals surface area (Å²) in [6.45, 7) is 8.30. The van der Waals surface area contributed by atoms with E-state index in [9.17, 15) is 0 Å². The van der Waals surface area contributed by atoms with E-state index in [-0.39, 0.29) is 17.1 Å². The summed E-state index contributed by atoms with van der Waals surface area (Å²) in [4.78, 5) is 0. The molecule has 1 fully saturated rings. The maximum atomic E-state index is 6.02. The number of hydrogen-bond donors (Lipinski definition) is 2. The highest BCUT2D eigenvalue weighted by Gasteiger charge is 2.45. The second-order valence-electron chi connectivity index (χ2n) is 5.40. The highest BCUT2D eigenvalue weighted by molar-refractivity contribution is 7.99. The van der Waals surface area contributed by atoms with Gasteiger partial charge >= 0.3 is 0 Å². The minimum atomic E-state index is 0.0582. The molecule has 3 nitrogen and oxygen atoms in total. The topological polar surface area (TPSA) is 47.3 Å². The molecule has 1 rings (SSSR count). The number of ether oxygens (including phenoxy) is 1. The number of nitrogens with two attached hydrogens (primary N) is 1. The Hall–Kier alpha value is 0.230. The molecule has 1 heterocycles. The Balaban J connectivity index is 2.67. The standard InChI is InChI=1S/C12H26N2OS/c1-10(15-4)7-14-12(8-13)9-16-6-5-11(12,2)3/h10,14H,5-9,13H2,1-4H3. The van der Waals surface area contributed by atoms with Crippen molar-refractivity contribution in [3.05, 3.63) is 0 Å². The first kappa shape index (κ1) is 14.3. The number of thioether (sulfide) groups is 1. The zero-order valence-electron chi connectivity index (χ0n) is 11.0. The largest absolute Gasteiger partial charge is 0.380 e. The Labute approximate surface area is 104 Å². The lowest BCUT2D eigenvalue weighted by molar-refractivity contribution is 0.0807. The summed E-state index contributed by atoms with van der Waals surface area (Å²) in [5.41, 5.74) is 6.35. The molecule has 3 N–H and O–H groups in total. The van der Waals surface area contributed by atoms with E-state index in [1.165, 1.54) is 12.2 Å². The zero-order chi connectivity index (χ0) is 12.2. The molecule has 0 aromatic heterocycles. The monoisotopic (exact) mass is 246 g/mol. The van der Waals surface area contributed by atoms with E-state index < -0.39 is 0 Å². The third kappa shape index (κ3) is 2.92. The third-order valence-electron chi connectivity index (χ3n) is 3.99. The van der Waals surface area contributed by atoms with Gasteiger partial charge in [0, 0.05) is 31.5 Å². The van der Waals surface area contributed by atoms with E-state index in [1.807, 2.05) is 11.8 Å². The summed E-state index contributed by atoms with van der Waals surface area (Å²) in [6, 6.07) is 0. The SMILES string of the molecule is COC(C)CNC1(CN)CSCCC1(C)C. The van der Waals surface area contributed by atoms with Crippen LogP contribution in [0.5, 0.6) is 0 Å². The van der Waals surface area contributed by atoms with E-state index in [4.69, 9.17) is 10.5 Å². The van der Waals surface area contributed by atoms with Crippen molar-refractivity contribution in [3.63, 3.8) is 0 Å². The first-order chi connectivity index (χ1) is 7.47. The summed E-state index contributed by atoms with van der Waals surface area (Å²) < 4.78 is 5.29. The summed E-state index contributed by atoms with van der Waals surface area (Å²) >= 11 is 2.00. The summed E-state index contributed by atoms with van der Waals surface area (Å²) in [5.74, 6) is 2.35. The van der Waals surface area contributed by atoms with E-state index in [0.29, 0.717) is 6.54 Å². The van der Waals surface area contributed by atoms with Crippen molar-refractivity contribution in [2.24, 2.45) is 11.1 Å². The van der Waals surface area contributed by atoms with Crippen LogP contribution in [0.15, 0.2) is 0 Å². The van der Waals surface area contributed by atoms with Crippen LogP contribution in [0.4, 0.5) is 0 Å². The van der Waals surface area contributed by atoms with Gasteiger partial charge in [-0.25, -0.2) is 0 Å². The lowest BCUT2D eigenvalue weighted by atomic mass is 9.70. The van der Waals surface area contributed by atoms with Crippen LogP contribution in [0, 0.1) is 5.41 Å². The Morgan fingerprint density at radius 2 is 2.19 bits per heavy atom. The van der Waals surface area contributed by atoms with Gasteiger partial charge in [-0.05, 0) is 24.5 Å². The van der Waals surface area contributed by atoms with Gasteiger partial charge in [0.25, 0.3) is 0 Å². The predicted octanol–water partition coefficient (Wildman–Crippen LogP) is 1.47. The second kappa shape index (κ2) is 5.71. The van der Waals surface area contributed by atoms with Crippen LogP contribution in [0.1, 0.15) is 27.2 Å². The van der Waals surface area contributed by atoms with Gasteiger partial charge in [0.05, 0.1) is 6.10 Å². The zero-order valence-corrected chi connectivity index (χ0v) is 11.8. The van der Waals surface area contributed by atoms with Crippen LogP contribution in [-0.4, -0.2) is 43.3 Å². The van der Waals surface area contributed by atoms with Crippen LogP contribution in [-0.2, 0) is 4.74 Å². The van der Waals surface area contributed by atoms with Crippen molar-refractivity contribution in [2.75, 3.05) is 31.7 Å². The molecule has 0 saturated carbocycles. The molecule has 0 amide bonds. The van der Waals surface area contributed by atoms with Gasteiger partial charge in [-0.15, -0.1) is 0 Å². The van der Waals surface area contributed by atoms with Gasteiger partial charge < -0.3 is 15.8 Å². The molecule has 0 bridgehead atoms. The number of rotatable bonds is 5. The molecular formula is C12H26N2OS. The molecule has 4 heteroatoms. The van der Waals surface area contributed by atoms with Crippen molar-refractivity contribution in [1.82, 2.24) is 5.32 Å². The van der Waals surface area contributed by atoms with E-state index >= 15 is 0 Å². The Kier molecular flexibility index (Phi) is 5.10. The maximum Gasteiger partial charge on any atom is 0.0667 e. The van der Waals surface area contributed by atoms with Crippen molar-refractivity contribution in [3.8, 4) is 0 Å². The van der Waals surface area contributed by atoms with Gasteiger partial charge in [-0.2, -0.15) is 11.8 Å². The summed E-state index contributed by atoms with van der Waals surface area (Å²) in [7, 11) is 1.75. The lowest BCUT2D eigenvalue weighted by Gasteiger charge is -2.50. The minimum absolute atomic E-state index is 0.0582. The Morgan fingerprint density at radius 1 is 1.50 bits per heavy atom. The normalized spacial score (nSPS) is 31.3. The molecule has 2 atom stereocenters. The van der Waals surface area contributed by atoms with Crippen LogP contribution < -0.4 is 11.1 Å².